The molecule has 1 aliphatic rings. The van der Waals surface area contributed by atoms with Crippen LogP contribution >= 0.6 is 12.2 Å². The molecule has 0 radical (unpaired) electrons. The Bertz CT molecular complexity index is 731. The van der Waals surface area contributed by atoms with E-state index in [1.54, 1.807) is 0 Å². The number of hydrogen-bond donors (Lipinski definition) is 1. The van der Waals surface area contributed by atoms with Gasteiger partial charge in [-0.15, -0.1) is 0 Å². The minimum absolute atomic E-state index is 0.771. The Morgan fingerprint density at radius 2 is 1.80 bits per heavy atom. The van der Waals surface area contributed by atoms with Gasteiger partial charge < -0.3 is 10.2 Å². The highest BCUT2D eigenvalue weighted by atomic mass is 32.1. The van der Waals surface area contributed by atoms with E-state index in [0.29, 0.717) is 0 Å². The fraction of sp³-hybridized carbons (Fsp3) is 0.400. The van der Waals surface area contributed by atoms with Gasteiger partial charge in [-0.3, -0.25) is 4.90 Å². The number of nitrogens with one attached hydrogen (secondary N) is 1. The summed E-state index contributed by atoms with van der Waals surface area (Å²) in [5, 5.41) is 4.06. The molecule has 0 saturated carbocycles. The average Bonchev–Trinajstić information content (AvgIpc) is 2.54. The zero-order valence-corrected chi connectivity index (χ0v) is 16.1. The molecule has 1 saturated heterocycles. The smallest absolute Gasteiger partial charge is 0.174 e. The first kappa shape index (κ1) is 17.8. The maximum atomic E-state index is 5.58. The topological polar surface area (TPSA) is 31.4 Å². The van der Waals surface area contributed by atoms with Crippen molar-refractivity contribution in [2.45, 2.75) is 27.3 Å². The SMILES string of the molecule is Cc1cccc(CN2CCN(C(=S)Nc3cc(C)cc(C)n3)CC2)c1. The second kappa shape index (κ2) is 7.93. The lowest BCUT2D eigenvalue weighted by Crippen LogP contribution is -2.49. The molecule has 1 aromatic heterocycles. The maximum Gasteiger partial charge on any atom is 0.174 e. The Morgan fingerprint density at radius 1 is 1.04 bits per heavy atom. The molecule has 3 rings (SSSR count). The summed E-state index contributed by atoms with van der Waals surface area (Å²) in [5.74, 6) is 0.838. The Balaban J connectivity index is 1.52. The van der Waals surface area contributed by atoms with Crippen molar-refractivity contribution < 1.29 is 0 Å². The van der Waals surface area contributed by atoms with Crippen LogP contribution < -0.4 is 5.32 Å². The van der Waals surface area contributed by atoms with E-state index >= 15 is 0 Å². The average molecular weight is 355 g/mol. The number of anilines is 1. The van der Waals surface area contributed by atoms with Gasteiger partial charge in [0.05, 0.1) is 0 Å². The maximum absolute atomic E-state index is 5.58. The van der Waals surface area contributed by atoms with Gasteiger partial charge in [-0.05, 0) is 56.2 Å². The lowest BCUT2D eigenvalue weighted by atomic mass is 10.1. The van der Waals surface area contributed by atoms with Crippen LogP contribution in [0.15, 0.2) is 36.4 Å². The van der Waals surface area contributed by atoms with Crippen molar-refractivity contribution in [3.8, 4) is 0 Å². The van der Waals surface area contributed by atoms with Crippen molar-refractivity contribution in [1.29, 1.82) is 0 Å². The Hall–Kier alpha value is -1.98. The van der Waals surface area contributed by atoms with Crippen LogP contribution in [0.5, 0.6) is 0 Å². The number of nitrogens with zero attached hydrogens (tertiary/aromatic N) is 3. The van der Waals surface area contributed by atoms with Gasteiger partial charge in [-0.2, -0.15) is 0 Å². The summed E-state index contributed by atoms with van der Waals surface area (Å²) in [7, 11) is 0. The van der Waals surface area contributed by atoms with E-state index in [4.69, 9.17) is 12.2 Å². The summed E-state index contributed by atoms with van der Waals surface area (Å²) >= 11 is 5.58. The van der Waals surface area contributed by atoms with Gasteiger partial charge in [0.25, 0.3) is 0 Å². The number of hydrogen-bond acceptors (Lipinski definition) is 3. The van der Waals surface area contributed by atoms with Gasteiger partial charge in [0.1, 0.15) is 5.82 Å². The minimum Gasteiger partial charge on any atom is -0.346 e. The third-order valence-electron chi connectivity index (χ3n) is 4.48. The van der Waals surface area contributed by atoms with Crippen molar-refractivity contribution >= 4 is 23.1 Å². The van der Waals surface area contributed by atoms with E-state index in [2.05, 4.69) is 64.3 Å². The largest absolute Gasteiger partial charge is 0.346 e. The normalized spacial score (nSPS) is 15.2. The summed E-state index contributed by atoms with van der Waals surface area (Å²) in [6, 6.07) is 12.9. The highest BCUT2D eigenvalue weighted by molar-refractivity contribution is 7.80. The first-order valence-corrected chi connectivity index (χ1v) is 9.19. The van der Waals surface area contributed by atoms with Crippen molar-refractivity contribution in [2.75, 3.05) is 31.5 Å². The molecule has 132 valence electrons. The van der Waals surface area contributed by atoms with E-state index in [0.717, 1.165) is 49.3 Å². The van der Waals surface area contributed by atoms with Gasteiger partial charge in [-0.25, -0.2) is 4.98 Å². The molecule has 2 heterocycles. The molecule has 0 bridgehead atoms. The second-order valence-electron chi connectivity index (χ2n) is 6.85. The van der Waals surface area contributed by atoms with E-state index < -0.39 is 0 Å². The number of benzene rings is 1. The van der Waals surface area contributed by atoms with Gasteiger partial charge >= 0.3 is 0 Å². The molecular formula is C20H26N4S. The molecule has 0 amide bonds. The number of aryl methyl sites for hydroxylation is 3. The summed E-state index contributed by atoms with van der Waals surface area (Å²) in [6.07, 6.45) is 0. The van der Waals surface area contributed by atoms with Crippen molar-refractivity contribution in [2.24, 2.45) is 0 Å². The quantitative estimate of drug-likeness (QED) is 0.853. The van der Waals surface area contributed by atoms with Crippen molar-refractivity contribution in [1.82, 2.24) is 14.8 Å². The number of piperazine rings is 1. The van der Waals surface area contributed by atoms with Crippen LogP contribution in [-0.4, -0.2) is 46.1 Å². The van der Waals surface area contributed by atoms with Gasteiger partial charge in [-0.1, -0.05) is 29.8 Å². The number of rotatable bonds is 3. The van der Waals surface area contributed by atoms with Crippen molar-refractivity contribution in [3.63, 3.8) is 0 Å². The van der Waals surface area contributed by atoms with Crippen molar-refractivity contribution in [3.05, 3.63) is 58.8 Å². The zero-order chi connectivity index (χ0) is 17.8. The summed E-state index contributed by atoms with van der Waals surface area (Å²) < 4.78 is 0. The van der Waals surface area contributed by atoms with Gasteiger partial charge in [0.2, 0.25) is 0 Å². The fourth-order valence-corrected chi connectivity index (χ4v) is 3.56. The molecule has 5 heteroatoms. The van der Waals surface area contributed by atoms with E-state index in [1.807, 2.05) is 13.0 Å². The fourth-order valence-electron chi connectivity index (χ4n) is 3.27. The molecule has 1 aromatic carbocycles. The molecular weight excluding hydrogens is 328 g/mol. The third-order valence-corrected chi connectivity index (χ3v) is 4.84. The predicted molar refractivity (Wildman–Crippen MR) is 108 cm³/mol. The first-order valence-electron chi connectivity index (χ1n) is 8.79. The molecule has 0 atom stereocenters. The molecule has 0 aliphatic carbocycles. The summed E-state index contributed by atoms with van der Waals surface area (Å²) in [5.41, 5.74) is 4.91. The lowest BCUT2D eigenvalue weighted by molar-refractivity contribution is 0.177. The number of thiocarbonyl (C=S) groups is 1. The Labute approximate surface area is 155 Å². The third kappa shape index (κ3) is 5.00. The first-order chi connectivity index (χ1) is 12.0. The van der Waals surface area contributed by atoms with Crippen LogP contribution in [0.25, 0.3) is 0 Å². The van der Waals surface area contributed by atoms with Crippen LogP contribution in [0.3, 0.4) is 0 Å². The molecule has 4 nitrogen and oxygen atoms in total. The standard InChI is InChI=1S/C20H26N4S/c1-15-5-4-6-18(12-15)14-23-7-9-24(10-8-23)20(25)22-19-13-16(2)11-17(3)21-19/h4-6,11-13H,7-10,14H2,1-3H3,(H,21,22,25). The zero-order valence-electron chi connectivity index (χ0n) is 15.2. The molecule has 2 aromatic rings. The number of pyridine rings is 1. The Morgan fingerprint density at radius 3 is 2.48 bits per heavy atom. The van der Waals surface area contributed by atoms with Gasteiger partial charge in [0.15, 0.2) is 5.11 Å². The van der Waals surface area contributed by atoms with Crippen LogP contribution in [0, 0.1) is 20.8 Å². The highest BCUT2D eigenvalue weighted by Crippen LogP contribution is 2.13. The second-order valence-corrected chi connectivity index (χ2v) is 7.24. The van der Waals surface area contributed by atoms with Crippen LogP contribution in [0.1, 0.15) is 22.4 Å². The molecule has 0 unspecified atom stereocenters. The molecule has 1 aliphatic heterocycles. The van der Waals surface area contributed by atoms with E-state index in [-0.39, 0.29) is 0 Å². The van der Waals surface area contributed by atoms with Crippen LogP contribution in [0.4, 0.5) is 5.82 Å². The number of aromatic nitrogens is 1. The van der Waals surface area contributed by atoms with Crippen LogP contribution in [-0.2, 0) is 6.54 Å². The molecule has 25 heavy (non-hydrogen) atoms. The predicted octanol–water partition coefficient (Wildman–Crippen LogP) is 3.52. The van der Waals surface area contributed by atoms with E-state index in [1.165, 1.54) is 16.7 Å². The summed E-state index contributed by atoms with van der Waals surface area (Å²) in [4.78, 5) is 9.24. The van der Waals surface area contributed by atoms with Gasteiger partial charge in [0, 0.05) is 38.4 Å². The molecule has 1 N–H and O–H groups in total. The van der Waals surface area contributed by atoms with E-state index in [9.17, 15) is 0 Å². The highest BCUT2D eigenvalue weighted by Gasteiger charge is 2.19. The molecule has 1 fully saturated rings. The molecule has 0 spiro atoms. The minimum atomic E-state index is 0.771. The Kier molecular flexibility index (Phi) is 5.66. The summed E-state index contributed by atoms with van der Waals surface area (Å²) in [6.45, 7) is 11.2. The van der Waals surface area contributed by atoms with Crippen LogP contribution in [0.2, 0.25) is 0 Å². The lowest BCUT2D eigenvalue weighted by Gasteiger charge is -2.36. The monoisotopic (exact) mass is 354 g/mol.